The van der Waals surface area contributed by atoms with Gasteiger partial charge in [-0.15, -0.1) is 11.3 Å². The zero-order chi connectivity index (χ0) is 29.7. The quantitative estimate of drug-likeness (QED) is 0.191. The first-order chi connectivity index (χ1) is 22.3. The summed E-state index contributed by atoms with van der Waals surface area (Å²) < 4.78 is 2.59. The Balaban J connectivity index is 1.36. The molecule has 0 spiro atoms. The minimum Gasteiger partial charge on any atom is -0.228 e. The van der Waals surface area contributed by atoms with Crippen LogP contribution in [0.15, 0.2) is 158 Å². The molecule has 7 aromatic carbocycles. The maximum atomic E-state index is 5.44. The Morgan fingerprint density at radius 2 is 1.02 bits per heavy atom. The largest absolute Gasteiger partial charge is 0.228 e. The van der Waals surface area contributed by atoms with Crippen molar-refractivity contribution in [2.75, 3.05) is 0 Å². The van der Waals surface area contributed by atoms with Gasteiger partial charge in [0.25, 0.3) is 0 Å². The van der Waals surface area contributed by atoms with E-state index >= 15 is 0 Å². The summed E-state index contributed by atoms with van der Waals surface area (Å²) in [4.78, 5) is 10.7. The van der Waals surface area contributed by atoms with Crippen LogP contribution in [-0.2, 0) is 0 Å². The molecule has 2 nitrogen and oxygen atoms in total. The summed E-state index contributed by atoms with van der Waals surface area (Å²) in [6, 6.07) is 56.0. The van der Waals surface area contributed by atoms with E-state index in [-0.39, 0.29) is 0 Å². The summed E-state index contributed by atoms with van der Waals surface area (Å²) in [5, 5.41) is 5.97. The lowest BCUT2D eigenvalue weighted by atomic mass is 9.92. The van der Waals surface area contributed by atoms with Gasteiger partial charge in [0.2, 0.25) is 0 Å². The monoisotopic (exact) mass is 590 g/mol. The Morgan fingerprint density at radius 1 is 0.400 bits per heavy atom. The van der Waals surface area contributed by atoms with Gasteiger partial charge in [0, 0.05) is 36.7 Å². The molecule has 0 N–H and O–H groups in total. The van der Waals surface area contributed by atoms with Crippen molar-refractivity contribution in [2.24, 2.45) is 0 Å². The highest BCUT2D eigenvalue weighted by atomic mass is 32.1. The molecular formula is C42H26N2S. The molecule has 3 heteroatoms. The van der Waals surface area contributed by atoms with E-state index in [0.29, 0.717) is 0 Å². The van der Waals surface area contributed by atoms with Gasteiger partial charge in [-0.05, 0) is 57.3 Å². The molecule has 9 aromatic rings. The predicted molar refractivity (Wildman–Crippen MR) is 192 cm³/mol. The lowest BCUT2D eigenvalue weighted by molar-refractivity contribution is 1.23. The molecule has 0 unspecified atom stereocenters. The molecule has 0 atom stereocenters. The third kappa shape index (κ3) is 4.32. The molecule has 0 aliphatic heterocycles. The first kappa shape index (κ1) is 25.8. The van der Waals surface area contributed by atoms with Crippen molar-refractivity contribution in [3.05, 3.63) is 158 Å². The van der Waals surface area contributed by atoms with Crippen molar-refractivity contribution < 1.29 is 0 Å². The van der Waals surface area contributed by atoms with Crippen LogP contribution < -0.4 is 0 Å². The molecule has 0 saturated carbocycles. The van der Waals surface area contributed by atoms with Gasteiger partial charge in [-0.25, -0.2) is 9.97 Å². The van der Waals surface area contributed by atoms with Gasteiger partial charge in [0.05, 0.1) is 11.2 Å². The lowest BCUT2D eigenvalue weighted by Crippen LogP contribution is -1.98. The van der Waals surface area contributed by atoms with E-state index < -0.39 is 0 Å². The fraction of sp³-hybridized carbons (Fsp3) is 0. The number of rotatable bonds is 4. The lowest BCUT2D eigenvalue weighted by Gasteiger charge is -2.16. The Morgan fingerprint density at radius 3 is 1.87 bits per heavy atom. The third-order valence-corrected chi connectivity index (χ3v) is 9.83. The molecule has 210 valence electrons. The molecule has 45 heavy (non-hydrogen) atoms. The van der Waals surface area contributed by atoms with Crippen LogP contribution in [0.25, 0.3) is 86.7 Å². The van der Waals surface area contributed by atoms with Gasteiger partial charge in [-0.1, -0.05) is 133 Å². The molecular weight excluding hydrogens is 565 g/mol. The van der Waals surface area contributed by atoms with Crippen LogP contribution in [0.4, 0.5) is 0 Å². The second kappa shape index (κ2) is 10.5. The average molecular weight is 591 g/mol. The highest BCUT2D eigenvalue weighted by Crippen LogP contribution is 2.44. The minimum atomic E-state index is 0.723. The molecule has 0 radical (unpaired) electrons. The van der Waals surface area contributed by atoms with Gasteiger partial charge < -0.3 is 0 Å². The fourth-order valence-corrected chi connectivity index (χ4v) is 7.74. The third-order valence-electron chi connectivity index (χ3n) is 8.69. The van der Waals surface area contributed by atoms with Crippen LogP contribution >= 0.6 is 11.3 Å². The molecule has 2 heterocycles. The standard InChI is InChI=1S/C42H26N2S/c1-2-13-27(14-3-1)30-17-6-9-20-34(30)42-43-37-26-29-16-5-4-15-28(29)25-36(37)41(44-42)33-19-8-7-18-31(33)32-22-12-24-39-40(32)35-21-10-11-23-38(35)45-39/h1-26H. The van der Waals surface area contributed by atoms with Crippen LogP contribution in [0, 0.1) is 0 Å². The highest BCUT2D eigenvalue weighted by molar-refractivity contribution is 7.25. The van der Waals surface area contributed by atoms with E-state index in [1.807, 2.05) is 11.3 Å². The summed E-state index contributed by atoms with van der Waals surface area (Å²) >= 11 is 1.85. The second-order valence-corrected chi connectivity index (χ2v) is 12.4. The molecule has 0 aliphatic rings. The summed E-state index contributed by atoms with van der Waals surface area (Å²) in [5.74, 6) is 0.723. The average Bonchev–Trinajstić information content (AvgIpc) is 3.50. The Bertz CT molecular complexity index is 2550. The van der Waals surface area contributed by atoms with Crippen molar-refractivity contribution in [1.82, 2.24) is 9.97 Å². The number of aromatic nitrogens is 2. The molecule has 9 rings (SSSR count). The molecule has 0 bridgehead atoms. The van der Waals surface area contributed by atoms with E-state index in [1.54, 1.807) is 0 Å². The summed E-state index contributed by atoms with van der Waals surface area (Å²) in [5.41, 5.74) is 8.65. The number of thiophene rings is 1. The molecule has 2 aromatic heterocycles. The van der Waals surface area contributed by atoms with Crippen LogP contribution in [0.5, 0.6) is 0 Å². The maximum absolute atomic E-state index is 5.44. The smallest absolute Gasteiger partial charge is 0.161 e. The SMILES string of the molecule is c1ccc(-c2ccccc2-c2nc(-c3ccccc3-c3cccc4sc5ccccc5c34)c3cc4ccccc4cc3n2)cc1. The van der Waals surface area contributed by atoms with Gasteiger partial charge in [0.1, 0.15) is 0 Å². The van der Waals surface area contributed by atoms with Gasteiger partial charge in [-0.3, -0.25) is 0 Å². The van der Waals surface area contributed by atoms with Gasteiger partial charge in [-0.2, -0.15) is 0 Å². The van der Waals surface area contributed by atoms with Crippen molar-refractivity contribution in [3.63, 3.8) is 0 Å². The van der Waals surface area contributed by atoms with E-state index in [4.69, 9.17) is 9.97 Å². The van der Waals surface area contributed by atoms with Crippen molar-refractivity contribution in [2.45, 2.75) is 0 Å². The number of fused-ring (bicyclic) bond motifs is 5. The molecule has 0 saturated heterocycles. The van der Waals surface area contributed by atoms with E-state index in [1.165, 1.54) is 42.1 Å². The van der Waals surface area contributed by atoms with Crippen LogP contribution in [0.2, 0.25) is 0 Å². The van der Waals surface area contributed by atoms with Crippen molar-refractivity contribution in [3.8, 4) is 44.9 Å². The molecule has 0 aliphatic carbocycles. The van der Waals surface area contributed by atoms with E-state index in [0.717, 1.165) is 44.7 Å². The Hall–Kier alpha value is -5.64. The van der Waals surface area contributed by atoms with Gasteiger partial charge in [0.15, 0.2) is 5.82 Å². The first-order valence-corrected chi connectivity index (χ1v) is 16.0. The number of nitrogens with zero attached hydrogens (tertiary/aromatic N) is 2. The van der Waals surface area contributed by atoms with Crippen molar-refractivity contribution >= 4 is 53.2 Å². The first-order valence-electron chi connectivity index (χ1n) is 15.2. The zero-order valence-corrected chi connectivity index (χ0v) is 25.1. The maximum Gasteiger partial charge on any atom is 0.161 e. The Labute approximate surface area is 264 Å². The number of hydrogen-bond donors (Lipinski definition) is 0. The predicted octanol–water partition coefficient (Wildman–Crippen LogP) is 11.8. The van der Waals surface area contributed by atoms with Crippen LogP contribution in [0.3, 0.4) is 0 Å². The Kier molecular flexibility index (Phi) is 6.03. The minimum absolute atomic E-state index is 0.723. The fourth-order valence-electron chi connectivity index (χ4n) is 6.61. The highest BCUT2D eigenvalue weighted by Gasteiger charge is 2.19. The van der Waals surface area contributed by atoms with Gasteiger partial charge >= 0.3 is 0 Å². The van der Waals surface area contributed by atoms with E-state index in [9.17, 15) is 0 Å². The summed E-state index contributed by atoms with van der Waals surface area (Å²) in [6.45, 7) is 0. The van der Waals surface area contributed by atoms with Crippen LogP contribution in [-0.4, -0.2) is 9.97 Å². The second-order valence-electron chi connectivity index (χ2n) is 11.3. The number of benzene rings is 7. The normalized spacial score (nSPS) is 11.6. The molecule has 0 amide bonds. The summed E-state index contributed by atoms with van der Waals surface area (Å²) in [7, 11) is 0. The zero-order valence-electron chi connectivity index (χ0n) is 24.3. The van der Waals surface area contributed by atoms with E-state index in [2.05, 4.69) is 158 Å². The molecule has 0 fully saturated rings. The topological polar surface area (TPSA) is 25.8 Å². The van der Waals surface area contributed by atoms with Crippen LogP contribution in [0.1, 0.15) is 0 Å². The number of hydrogen-bond acceptors (Lipinski definition) is 3. The summed E-state index contributed by atoms with van der Waals surface area (Å²) in [6.07, 6.45) is 0. The van der Waals surface area contributed by atoms with Crippen molar-refractivity contribution in [1.29, 1.82) is 0 Å².